The SMILES string of the molecule is CCOC(=O)c1c(-c2ccc(OC)cc2)csc1NC(=O)COC(=O)[C@H](C)N1C(=O)[C@@H]2CC=CC[C@H]2C1=O. The molecule has 1 aromatic carbocycles. The van der Waals surface area contributed by atoms with E-state index in [-0.39, 0.29) is 17.2 Å². The number of hydrogen-bond acceptors (Lipinski definition) is 9. The zero-order valence-corrected chi connectivity index (χ0v) is 22.0. The van der Waals surface area contributed by atoms with Crippen molar-refractivity contribution in [2.24, 2.45) is 11.8 Å². The van der Waals surface area contributed by atoms with Gasteiger partial charge in [-0.3, -0.25) is 19.3 Å². The number of carbonyl (C=O) groups is 5. The van der Waals surface area contributed by atoms with Crippen molar-refractivity contribution in [1.29, 1.82) is 0 Å². The highest BCUT2D eigenvalue weighted by atomic mass is 32.1. The summed E-state index contributed by atoms with van der Waals surface area (Å²) in [4.78, 5) is 64.4. The molecule has 0 radical (unpaired) electrons. The van der Waals surface area contributed by atoms with E-state index in [9.17, 15) is 24.0 Å². The van der Waals surface area contributed by atoms with Crippen molar-refractivity contribution < 1.29 is 38.2 Å². The summed E-state index contributed by atoms with van der Waals surface area (Å²) in [7, 11) is 1.55. The molecule has 2 aromatic rings. The van der Waals surface area contributed by atoms with Crippen LogP contribution in [0.25, 0.3) is 11.1 Å². The van der Waals surface area contributed by atoms with Crippen LogP contribution in [0.3, 0.4) is 0 Å². The van der Waals surface area contributed by atoms with Gasteiger partial charge in [-0.15, -0.1) is 11.3 Å². The van der Waals surface area contributed by atoms with Gasteiger partial charge in [0.1, 0.15) is 22.4 Å². The second-order valence-corrected chi connectivity index (χ2v) is 9.72. The Morgan fingerprint density at radius 1 is 1.05 bits per heavy atom. The molecule has 3 amide bonds. The zero-order valence-electron chi connectivity index (χ0n) is 21.2. The van der Waals surface area contributed by atoms with Gasteiger partial charge in [0.05, 0.1) is 25.6 Å². The van der Waals surface area contributed by atoms with Crippen LogP contribution < -0.4 is 10.1 Å². The van der Waals surface area contributed by atoms with E-state index in [4.69, 9.17) is 14.2 Å². The molecule has 38 heavy (non-hydrogen) atoms. The van der Waals surface area contributed by atoms with E-state index < -0.39 is 54.1 Å². The number of fused-ring (bicyclic) bond motifs is 1. The number of anilines is 1. The fourth-order valence-electron chi connectivity index (χ4n) is 4.57. The number of carbonyl (C=O) groups excluding carboxylic acids is 5. The van der Waals surface area contributed by atoms with Crippen LogP contribution >= 0.6 is 11.3 Å². The van der Waals surface area contributed by atoms with Gasteiger partial charge >= 0.3 is 11.9 Å². The van der Waals surface area contributed by atoms with Gasteiger partial charge in [-0.2, -0.15) is 0 Å². The minimum atomic E-state index is -1.16. The molecule has 0 unspecified atom stereocenters. The molecule has 200 valence electrons. The standard InChI is InChI=1S/C27H28N2O8S/c1-4-36-27(34)22-20(16-9-11-17(35-3)12-10-16)14-38-23(22)28-21(30)13-37-26(33)15(2)29-24(31)18-7-5-6-8-19(18)25(29)32/h5-6,9-12,14-15,18-19H,4,7-8,13H2,1-3H3,(H,28,30)/t15-,18+,19+/m0/s1. The third-order valence-electron chi connectivity index (χ3n) is 6.54. The summed E-state index contributed by atoms with van der Waals surface area (Å²) in [6, 6.07) is 5.91. The molecule has 3 atom stereocenters. The third-order valence-corrected chi connectivity index (χ3v) is 7.44. The first-order valence-corrected chi connectivity index (χ1v) is 13.1. The summed E-state index contributed by atoms with van der Waals surface area (Å²) in [6.07, 6.45) is 4.63. The number of hydrogen-bond donors (Lipinski definition) is 1. The first kappa shape index (κ1) is 27.1. The van der Waals surface area contributed by atoms with Gasteiger partial charge in [0.15, 0.2) is 6.61 Å². The van der Waals surface area contributed by atoms with Gasteiger partial charge < -0.3 is 19.5 Å². The molecule has 1 N–H and O–H groups in total. The van der Waals surface area contributed by atoms with Crippen LogP contribution in [0.4, 0.5) is 5.00 Å². The van der Waals surface area contributed by atoms with Crippen LogP contribution in [0.15, 0.2) is 41.8 Å². The Morgan fingerprint density at radius 3 is 2.26 bits per heavy atom. The van der Waals surface area contributed by atoms with Crippen LogP contribution in [0.2, 0.25) is 0 Å². The predicted octanol–water partition coefficient (Wildman–Crippen LogP) is 3.42. The third kappa shape index (κ3) is 5.33. The van der Waals surface area contributed by atoms with Crippen LogP contribution in [0.5, 0.6) is 5.75 Å². The van der Waals surface area contributed by atoms with E-state index in [1.54, 1.807) is 43.7 Å². The summed E-state index contributed by atoms with van der Waals surface area (Å²) in [5.41, 5.74) is 1.47. The Kier molecular flexibility index (Phi) is 8.26. The number of likely N-dealkylation sites (tertiary alicyclic amines) is 1. The molecule has 1 aliphatic carbocycles. The monoisotopic (exact) mass is 540 g/mol. The number of thiophene rings is 1. The number of amides is 3. The van der Waals surface area contributed by atoms with Gasteiger partial charge in [0.25, 0.3) is 5.91 Å². The second-order valence-electron chi connectivity index (χ2n) is 8.84. The smallest absolute Gasteiger partial charge is 0.341 e. The van der Waals surface area contributed by atoms with Crippen molar-refractivity contribution in [2.45, 2.75) is 32.7 Å². The number of rotatable bonds is 9. The average Bonchev–Trinajstić information content (AvgIpc) is 3.45. The molecule has 0 saturated carbocycles. The van der Waals surface area contributed by atoms with Crippen molar-refractivity contribution in [2.75, 3.05) is 25.6 Å². The molecule has 2 heterocycles. The summed E-state index contributed by atoms with van der Waals surface area (Å²) in [6.45, 7) is 2.56. The van der Waals surface area contributed by atoms with Crippen LogP contribution in [-0.2, 0) is 28.7 Å². The Bertz CT molecular complexity index is 1260. The van der Waals surface area contributed by atoms with E-state index in [1.807, 2.05) is 12.2 Å². The number of ether oxygens (including phenoxy) is 3. The summed E-state index contributed by atoms with van der Waals surface area (Å²) < 4.78 is 15.5. The Morgan fingerprint density at radius 2 is 1.68 bits per heavy atom. The minimum Gasteiger partial charge on any atom is -0.497 e. The molecule has 0 bridgehead atoms. The fraction of sp³-hybridized carbons (Fsp3) is 0.370. The summed E-state index contributed by atoms with van der Waals surface area (Å²) in [5.74, 6) is -3.25. The molecule has 4 rings (SSSR count). The van der Waals surface area contributed by atoms with E-state index in [0.717, 1.165) is 21.8 Å². The maximum Gasteiger partial charge on any atom is 0.341 e. The molecular formula is C27H28N2O8S. The normalized spacial score (nSPS) is 19.1. The number of imide groups is 1. The van der Waals surface area contributed by atoms with Gasteiger partial charge in [0, 0.05) is 10.9 Å². The van der Waals surface area contributed by atoms with Crippen molar-refractivity contribution in [3.63, 3.8) is 0 Å². The molecule has 0 spiro atoms. The van der Waals surface area contributed by atoms with Crippen LogP contribution in [0, 0.1) is 11.8 Å². The van der Waals surface area contributed by atoms with Gasteiger partial charge in [-0.05, 0) is 44.4 Å². The number of allylic oxidation sites excluding steroid dienone is 2. The highest BCUT2D eigenvalue weighted by Gasteiger charge is 2.50. The molecule has 2 aliphatic rings. The largest absolute Gasteiger partial charge is 0.497 e. The lowest BCUT2D eigenvalue weighted by Crippen LogP contribution is -2.45. The van der Waals surface area contributed by atoms with Crippen molar-refractivity contribution >= 4 is 46.0 Å². The second kappa shape index (κ2) is 11.6. The molecule has 1 fully saturated rings. The maximum atomic E-state index is 12.7. The van der Waals surface area contributed by atoms with Crippen molar-refractivity contribution in [3.8, 4) is 16.9 Å². The highest BCUT2D eigenvalue weighted by Crippen LogP contribution is 2.38. The quantitative estimate of drug-likeness (QED) is 0.291. The van der Waals surface area contributed by atoms with Gasteiger partial charge in [-0.25, -0.2) is 9.59 Å². The van der Waals surface area contributed by atoms with Crippen LogP contribution in [-0.4, -0.2) is 60.9 Å². The van der Waals surface area contributed by atoms with E-state index in [0.29, 0.717) is 24.2 Å². The number of esters is 2. The number of benzene rings is 1. The molecule has 1 saturated heterocycles. The minimum absolute atomic E-state index is 0.144. The Labute approximate surface area is 223 Å². The lowest BCUT2D eigenvalue weighted by atomic mass is 9.85. The lowest BCUT2D eigenvalue weighted by molar-refractivity contribution is -0.159. The number of methoxy groups -OCH3 is 1. The summed E-state index contributed by atoms with van der Waals surface area (Å²) >= 11 is 1.13. The Balaban J connectivity index is 1.42. The predicted molar refractivity (Wildman–Crippen MR) is 139 cm³/mol. The lowest BCUT2D eigenvalue weighted by Gasteiger charge is -2.21. The van der Waals surface area contributed by atoms with E-state index >= 15 is 0 Å². The van der Waals surface area contributed by atoms with E-state index in [2.05, 4.69) is 5.32 Å². The molecule has 1 aromatic heterocycles. The highest BCUT2D eigenvalue weighted by molar-refractivity contribution is 7.15. The van der Waals surface area contributed by atoms with E-state index in [1.165, 1.54) is 6.92 Å². The summed E-state index contributed by atoms with van der Waals surface area (Å²) in [5, 5.41) is 4.57. The molecule has 1 aliphatic heterocycles. The first-order chi connectivity index (χ1) is 18.3. The van der Waals surface area contributed by atoms with Gasteiger partial charge in [-0.1, -0.05) is 24.3 Å². The number of nitrogens with zero attached hydrogens (tertiary/aromatic N) is 1. The Hall–Kier alpha value is -3.99. The first-order valence-electron chi connectivity index (χ1n) is 12.2. The van der Waals surface area contributed by atoms with Crippen molar-refractivity contribution in [3.05, 3.63) is 47.4 Å². The molecule has 10 nitrogen and oxygen atoms in total. The zero-order chi connectivity index (χ0) is 27.4. The topological polar surface area (TPSA) is 128 Å². The van der Waals surface area contributed by atoms with Crippen LogP contribution in [0.1, 0.15) is 37.0 Å². The fourth-order valence-corrected chi connectivity index (χ4v) is 5.55. The van der Waals surface area contributed by atoms with Gasteiger partial charge in [0.2, 0.25) is 11.8 Å². The number of nitrogens with one attached hydrogen (secondary N) is 1. The average molecular weight is 541 g/mol. The van der Waals surface area contributed by atoms with Crippen molar-refractivity contribution in [1.82, 2.24) is 4.90 Å². The molecule has 11 heteroatoms. The molecular weight excluding hydrogens is 512 g/mol. The maximum absolute atomic E-state index is 12.7.